The standard InChI is InChI=1S/C14H19N3S/c1-10-5-8-17(9-6-10)14-16-13(11-2-3-11)12(18-14)4-7-15/h10-11H,2-6,8-9H2,1H3. The van der Waals surface area contributed by atoms with Crippen molar-refractivity contribution in [1.29, 1.82) is 5.26 Å². The Bertz CT molecular complexity index is 462. The Kier molecular flexibility index (Phi) is 3.25. The van der Waals surface area contributed by atoms with Crippen LogP contribution in [-0.2, 0) is 6.42 Å². The summed E-state index contributed by atoms with van der Waals surface area (Å²) in [5.74, 6) is 1.50. The molecule has 0 unspecified atom stereocenters. The van der Waals surface area contributed by atoms with E-state index in [9.17, 15) is 0 Å². The molecule has 0 amide bonds. The van der Waals surface area contributed by atoms with Crippen LogP contribution >= 0.6 is 11.3 Å². The van der Waals surface area contributed by atoms with E-state index in [-0.39, 0.29) is 0 Å². The van der Waals surface area contributed by atoms with E-state index in [4.69, 9.17) is 10.2 Å². The molecule has 1 aliphatic heterocycles. The van der Waals surface area contributed by atoms with Crippen LogP contribution in [0.5, 0.6) is 0 Å². The molecule has 18 heavy (non-hydrogen) atoms. The minimum absolute atomic E-state index is 0.535. The average molecular weight is 261 g/mol. The lowest BCUT2D eigenvalue weighted by atomic mass is 10.00. The van der Waals surface area contributed by atoms with Gasteiger partial charge < -0.3 is 4.90 Å². The van der Waals surface area contributed by atoms with Crippen molar-refractivity contribution in [2.75, 3.05) is 18.0 Å². The highest BCUT2D eigenvalue weighted by Crippen LogP contribution is 2.44. The summed E-state index contributed by atoms with van der Waals surface area (Å²) in [6, 6.07) is 2.28. The molecule has 1 aromatic heterocycles. The van der Waals surface area contributed by atoms with Crippen molar-refractivity contribution in [2.45, 2.75) is 44.9 Å². The van der Waals surface area contributed by atoms with E-state index < -0.39 is 0 Å². The molecule has 0 atom stereocenters. The summed E-state index contributed by atoms with van der Waals surface area (Å²) < 4.78 is 0. The molecule has 0 aromatic carbocycles. The fourth-order valence-electron chi connectivity index (χ4n) is 2.56. The topological polar surface area (TPSA) is 39.9 Å². The van der Waals surface area contributed by atoms with Crippen molar-refractivity contribution in [3.63, 3.8) is 0 Å². The van der Waals surface area contributed by atoms with Crippen LogP contribution in [-0.4, -0.2) is 18.1 Å². The first-order valence-electron chi connectivity index (χ1n) is 6.89. The van der Waals surface area contributed by atoms with E-state index in [0.717, 1.165) is 24.1 Å². The third kappa shape index (κ3) is 2.37. The van der Waals surface area contributed by atoms with Crippen LogP contribution in [0.1, 0.15) is 49.1 Å². The lowest BCUT2D eigenvalue weighted by Crippen LogP contribution is -2.32. The summed E-state index contributed by atoms with van der Waals surface area (Å²) >= 11 is 1.75. The molecule has 0 radical (unpaired) electrons. The van der Waals surface area contributed by atoms with Gasteiger partial charge in [0, 0.05) is 23.9 Å². The Morgan fingerprint density at radius 3 is 2.67 bits per heavy atom. The molecule has 0 bridgehead atoms. The molecule has 4 heteroatoms. The molecule has 2 heterocycles. The third-order valence-electron chi connectivity index (χ3n) is 3.97. The second-order valence-corrected chi connectivity index (χ2v) is 6.65. The van der Waals surface area contributed by atoms with Gasteiger partial charge in [-0.2, -0.15) is 5.26 Å². The van der Waals surface area contributed by atoms with Gasteiger partial charge in [0.2, 0.25) is 0 Å². The molecule has 1 saturated carbocycles. The Hall–Kier alpha value is -1.08. The van der Waals surface area contributed by atoms with Crippen molar-refractivity contribution in [1.82, 2.24) is 4.98 Å². The summed E-state index contributed by atoms with van der Waals surface area (Å²) in [5.41, 5.74) is 1.23. The molecular weight excluding hydrogens is 242 g/mol. The van der Waals surface area contributed by atoms with Gasteiger partial charge in [0.25, 0.3) is 0 Å². The number of rotatable bonds is 3. The molecule has 1 aromatic rings. The minimum Gasteiger partial charge on any atom is -0.348 e. The van der Waals surface area contributed by atoms with Crippen molar-refractivity contribution in [2.24, 2.45) is 5.92 Å². The van der Waals surface area contributed by atoms with Gasteiger partial charge in [0.05, 0.1) is 18.2 Å². The number of nitriles is 1. The van der Waals surface area contributed by atoms with E-state index in [2.05, 4.69) is 17.9 Å². The zero-order chi connectivity index (χ0) is 12.5. The molecule has 0 spiro atoms. The fourth-order valence-corrected chi connectivity index (χ4v) is 3.69. The molecule has 1 saturated heterocycles. The molecule has 3 rings (SSSR count). The maximum Gasteiger partial charge on any atom is 0.185 e. The molecule has 1 aliphatic carbocycles. The molecule has 96 valence electrons. The highest BCUT2D eigenvalue weighted by molar-refractivity contribution is 7.15. The van der Waals surface area contributed by atoms with Crippen LogP contribution < -0.4 is 4.90 Å². The Morgan fingerprint density at radius 2 is 2.06 bits per heavy atom. The molecule has 0 N–H and O–H groups in total. The van der Waals surface area contributed by atoms with Crippen LogP contribution in [0.15, 0.2) is 0 Å². The van der Waals surface area contributed by atoms with Gasteiger partial charge in [0.1, 0.15) is 0 Å². The predicted molar refractivity (Wildman–Crippen MR) is 74.0 cm³/mol. The van der Waals surface area contributed by atoms with E-state index >= 15 is 0 Å². The smallest absolute Gasteiger partial charge is 0.185 e. The van der Waals surface area contributed by atoms with Crippen LogP contribution in [0.3, 0.4) is 0 Å². The van der Waals surface area contributed by atoms with E-state index in [1.54, 1.807) is 11.3 Å². The van der Waals surface area contributed by atoms with Gasteiger partial charge in [-0.05, 0) is 31.6 Å². The van der Waals surface area contributed by atoms with Crippen molar-refractivity contribution >= 4 is 16.5 Å². The maximum atomic E-state index is 8.92. The van der Waals surface area contributed by atoms with Crippen molar-refractivity contribution < 1.29 is 0 Å². The van der Waals surface area contributed by atoms with E-state index in [1.165, 1.54) is 36.3 Å². The van der Waals surface area contributed by atoms with Crippen LogP contribution in [0.25, 0.3) is 0 Å². The third-order valence-corrected chi connectivity index (χ3v) is 5.11. The Labute approximate surface area is 112 Å². The van der Waals surface area contributed by atoms with Gasteiger partial charge in [-0.25, -0.2) is 4.98 Å². The number of hydrogen-bond donors (Lipinski definition) is 0. The van der Waals surface area contributed by atoms with Gasteiger partial charge in [-0.1, -0.05) is 6.92 Å². The minimum atomic E-state index is 0.535. The average Bonchev–Trinajstić information content (AvgIpc) is 3.13. The zero-order valence-electron chi connectivity index (χ0n) is 10.9. The molecular formula is C14H19N3S. The summed E-state index contributed by atoms with van der Waals surface area (Å²) in [4.78, 5) is 8.46. The first kappa shape index (κ1) is 12.0. The quantitative estimate of drug-likeness (QED) is 0.838. The van der Waals surface area contributed by atoms with Gasteiger partial charge in [-0.15, -0.1) is 11.3 Å². The van der Waals surface area contributed by atoms with Crippen molar-refractivity contribution in [3.05, 3.63) is 10.6 Å². The number of anilines is 1. The first-order chi connectivity index (χ1) is 8.78. The summed E-state index contributed by atoms with van der Waals surface area (Å²) in [6.07, 6.45) is 5.60. The van der Waals surface area contributed by atoms with E-state index in [0.29, 0.717) is 12.3 Å². The Morgan fingerprint density at radius 1 is 1.33 bits per heavy atom. The largest absolute Gasteiger partial charge is 0.348 e. The molecule has 3 nitrogen and oxygen atoms in total. The lowest BCUT2D eigenvalue weighted by Gasteiger charge is -2.29. The Balaban J connectivity index is 1.79. The van der Waals surface area contributed by atoms with Crippen molar-refractivity contribution in [3.8, 4) is 6.07 Å². The monoisotopic (exact) mass is 261 g/mol. The van der Waals surface area contributed by atoms with Crippen LogP contribution in [0.4, 0.5) is 5.13 Å². The first-order valence-corrected chi connectivity index (χ1v) is 7.71. The highest BCUT2D eigenvalue weighted by Gasteiger charge is 2.30. The number of hydrogen-bond acceptors (Lipinski definition) is 4. The summed E-state index contributed by atoms with van der Waals surface area (Å²) in [5, 5.41) is 10.1. The second-order valence-electron chi connectivity index (χ2n) is 5.58. The normalized spacial score (nSPS) is 21.0. The predicted octanol–water partition coefficient (Wildman–Crippen LogP) is 3.32. The molecule has 2 fully saturated rings. The SMILES string of the molecule is CC1CCN(c2nc(C3CC3)c(CC#N)s2)CC1. The molecule has 2 aliphatic rings. The van der Waals surface area contributed by atoms with Gasteiger partial charge in [0.15, 0.2) is 5.13 Å². The van der Waals surface area contributed by atoms with Gasteiger partial charge >= 0.3 is 0 Å². The summed E-state index contributed by atoms with van der Waals surface area (Å²) in [6.45, 7) is 4.59. The lowest BCUT2D eigenvalue weighted by molar-refractivity contribution is 0.438. The van der Waals surface area contributed by atoms with Gasteiger partial charge in [-0.3, -0.25) is 0 Å². The number of nitrogens with zero attached hydrogens (tertiary/aromatic N) is 3. The number of piperidine rings is 1. The number of thiazole rings is 1. The zero-order valence-corrected chi connectivity index (χ0v) is 11.7. The number of aromatic nitrogens is 1. The maximum absolute atomic E-state index is 8.92. The van der Waals surface area contributed by atoms with Crippen LogP contribution in [0, 0.1) is 17.2 Å². The van der Waals surface area contributed by atoms with Crippen LogP contribution in [0.2, 0.25) is 0 Å². The fraction of sp³-hybridized carbons (Fsp3) is 0.714. The highest BCUT2D eigenvalue weighted by atomic mass is 32.1. The summed E-state index contributed by atoms with van der Waals surface area (Å²) in [7, 11) is 0. The van der Waals surface area contributed by atoms with E-state index in [1.807, 2.05) is 0 Å². The second kappa shape index (κ2) is 4.89.